The van der Waals surface area contributed by atoms with E-state index in [9.17, 15) is 13.6 Å². The van der Waals surface area contributed by atoms with Crippen LogP contribution in [0.3, 0.4) is 0 Å². The Morgan fingerprint density at radius 1 is 1.42 bits per heavy atom. The first-order valence-electron chi connectivity index (χ1n) is 6.04. The van der Waals surface area contributed by atoms with E-state index >= 15 is 0 Å². The number of benzene rings is 1. The van der Waals surface area contributed by atoms with Crippen molar-refractivity contribution in [3.05, 3.63) is 29.3 Å². The summed E-state index contributed by atoms with van der Waals surface area (Å²) in [6, 6.07) is 1.49. The van der Waals surface area contributed by atoms with E-state index in [1.165, 1.54) is 0 Å². The van der Waals surface area contributed by atoms with Gasteiger partial charge in [0.25, 0.3) is 0 Å². The van der Waals surface area contributed by atoms with E-state index in [-0.39, 0.29) is 12.7 Å². The van der Waals surface area contributed by atoms with E-state index < -0.39 is 28.9 Å². The number of hydrogen-bond acceptors (Lipinski definition) is 3. The molecule has 1 aromatic rings. The third-order valence-electron chi connectivity index (χ3n) is 2.96. The molecule has 1 heterocycles. The molecule has 1 atom stereocenters. The Morgan fingerprint density at radius 2 is 2.11 bits per heavy atom. The fourth-order valence-corrected chi connectivity index (χ4v) is 1.99. The van der Waals surface area contributed by atoms with Crippen LogP contribution in [-0.2, 0) is 4.74 Å². The molecule has 2 rings (SSSR count). The van der Waals surface area contributed by atoms with Crippen LogP contribution in [0.15, 0.2) is 12.1 Å². The number of aromatic carboxylic acids is 1. The van der Waals surface area contributed by atoms with Gasteiger partial charge in [-0.25, -0.2) is 13.6 Å². The number of rotatable bonds is 5. The van der Waals surface area contributed by atoms with Gasteiger partial charge < -0.3 is 14.6 Å². The summed E-state index contributed by atoms with van der Waals surface area (Å²) < 4.78 is 37.4. The molecule has 0 saturated carbocycles. The molecule has 0 radical (unpaired) electrons. The molecule has 1 N–H and O–H groups in total. The number of halogens is 2. The zero-order valence-electron chi connectivity index (χ0n) is 10.2. The van der Waals surface area contributed by atoms with Gasteiger partial charge in [-0.1, -0.05) is 0 Å². The van der Waals surface area contributed by atoms with Crippen LogP contribution in [0.1, 0.15) is 29.6 Å². The van der Waals surface area contributed by atoms with Crippen LogP contribution in [0.5, 0.6) is 5.75 Å². The molecule has 0 spiro atoms. The van der Waals surface area contributed by atoms with Crippen LogP contribution >= 0.6 is 0 Å². The van der Waals surface area contributed by atoms with Crippen LogP contribution in [0.2, 0.25) is 0 Å². The molecule has 1 aromatic carbocycles. The molecular formula is C13H14F2O4. The molecule has 0 aliphatic carbocycles. The molecule has 4 nitrogen and oxygen atoms in total. The topological polar surface area (TPSA) is 55.8 Å². The summed E-state index contributed by atoms with van der Waals surface area (Å²) in [7, 11) is 0. The Hall–Kier alpha value is -1.69. The largest absolute Gasteiger partial charge is 0.488 e. The summed E-state index contributed by atoms with van der Waals surface area (Å²) in [6.45, 7) is 0.839. The predicted molar refractivity (Wildman–Crippen MR) is 62.4 cm³/mol. The van der Waals surface area contributed by atoms with Crippen molar-refractivity contribution in [2.45, 2.75) is 25.4 Å². The second-order valence-corrected chi connectivity index (χ2v) is 4.35. The second-order valence-electron chi connectivity index (χ2n) is 4.35. The lowest BCUT2D eigenvalue weighted by Gasteiger charge is -2.12. The summed E-state index contributed by atoms with van der Waals surface area (Å²) in [5.41, 5.74) is -0.443. The van der Waals surface area contributed by atoms with E-state index in [1.54, 1.807) is 0 Å². The van der Waals surface area contributed by atoms with Crippen molar-refractivity contribution in [3.63, 3.8) is 0 Å². The molecule has 6 heteroatoms. The zero-order chi connectivity index (χ0) is 13.8. The smallest absolute Gasteiger partial charge is 0.335 e. The summed E-state index contributed by atoms with van der Waals surface area (Å²) in [5, 5.41) is 8.65. The Kier molecular flexibility index (Phi) is 4.31. The molecule has 0 aromatic heterocycles. The summed E-state index contributed by atoms with van der Waals surface area (Å²) in [5.74, 6) is -3.94. The van der Waals surface area contributed by atoms with E-state index in [2.05, 4.69) is 0 Å². The number of ether oxygens (including phenoxy) is 2. The van der Waals surface area contributed by atoms with Gasteiger partial charge in [-0.05, 0) is 25.0 Å². The predicted octanol–water partition coefficient (Wildman–Crippen LogP) is 2.61. The van der Waals surface area contributed by atoms with E-state index in [1.807, 2.05) is 0 Å². The molecule has 1 aliphatic heterocycles. The minimum Gasteiger partial charge on any atom is -0.488 e. The Balaban J connectivity index is 1.97. The van der Waals surface area contributed by atoms with Crippen LogP contribution in [-0.4, -0.2) is 30.4 Å². The van der Waals surface area contributed by atoms with E-state index in [0.717, 1.165) is 25.0 Å². The van der Waals surface area contributed by atoms with Crippen molar-refractivity contribution < 1.29 is 28.2 Å². The number of carboxylic acid groups (broad SMARTS) is 1. The minimum absolute atomic E-state index is 0.0735. The molecule has 19 heavy (non-hydrogen) atoms. The second kappa shape index (κ2) is 5.97. The lowest BCUT2D eigenvalue weighted by atomic mass is 10.2. The third kappa shape index (κ3) is 3.41. The molecule has 0 amide bonds. The highest BCUT2D eigenvalue weighted by molar-refractivity contribution is 5.87. The summed E-state index contributed by atoms with van der Waals surface area (Å²) >= 11 is 0. The first-order valence-corrected chi connectivity index (χ1v) is 6.04. The molecule has 1 saturated heterocycles. The maximum Gasteiger partial charge on any atom is 0.335 e. The van der Waals surface area contributed by atoms with Gasteiger partial charge in [0.15, 0.2) is 17.4 Å². The molecular weight excluding hydrogens is 258 g/mol. The lowest BCUT2D eigenvalue weighted by molar-refractivity contribution is 0.0695. The SMILES string of the molecule is O=C(O)c1cc(F)c(OCCC2CCCO2)c(F)c1. The van der Waals surface area contributed by atoms with Crippen molar-refractivity contribution in [3.8, 4) is 5.75 Å². The zero-order valence-corrected chi connectivity index (χ0v) is 10.2. The van der Waals surface area contributed by atoms with Gasteiger partial charge in [-0.3, -0.25) is 0 Å². The summed E-state index contributed by atoms with van der Waals surface area (Å²) in [6.07, 6.45) is 2.54. The monoisotopic (exact) mass is 272 g/mol. The molecule has 1 unspecified atom stereocenters. The Bertz CT molecular complexity index is 447. The van der Waals surface area contributed by atoms with Gasteiger partial charge in [-0.2, -0.15) is 0 Å². The fourth-order valence-electron chi connectivity index (χ4n) is 1.99. The molecule has 104 valence electrons. The van der Waals surface area contributed by atoms with Crippen molar-refractivity contribution in [1.29, 1.82) is 0 Å². The van der Waals surface area contributed by atoms with Crippen LogP contribution in [0.25, 0.3) is 0 Å². The normalized spacial score (nSPS) is 18.5. The average molecular weight is 272 g/mol. The molecule has 0 bridgehead atoms. The maximum atomic E-state index is 13.5. The Morgan fingerprint density at radius 3 is 2.63 bits per heavy atom. The lowest BCUT2D eigenvalue weighted by Crippen LogP contribution is -2.12. The van der Waals surface area contributed by atoms with E-state index in [4.69, 9.17) is 14.6 Å². The molecule has 1 fully saturated rings. The maximum absolute atomic E-state index is 13.5. The van der Waals surface area contributed by atoms with E-state index in [0.29, 0.717) is 13.0 Å². The number of hydrogen-bond donors (Lipinski definition) is 1. The number of carboxylic acids is 1. The standard InChI is InChI=1S/C13H14F2O4/c14-10-6-8(13(16)17)7-11(15)12(10)19-5-3-9-2-1-4-18-9/h6-7,9H,1-5H2,(H,16,17). The molecule has 1 aliphatic rings. The first-order chi connectivity index (χ1) is 9.08. The van der Waals surface area contributed by atoms with Crippen molar-refractivity contribution in [2.75, 3.05) is 13.2 Å². The van der Waals surface area contributed by atoms with Crippen molar-refractivity contribution in [1.82, 2.24) is 0 Å². The van der Waals surface area contributed by atoms with Gasteiger partial charge in [0.2, 0.25) is 0 Å². The average Bonchev–Trinajstić information content (AvgIpc) is 2.85. The van der Waals surface area contributed by atoms with Crippen LogP contribution in [0, 0.1) is 11.6 Å². The third-order valence-corrected chi connectivity index (χ3v) is 2.96. The van der Waals surface area contributed by atoms with Gasteiger partial charge in [-0.15, -0.1) is 0 Å². The summed E-state index contributed by atoms with van der Waals surface area (Å²) in [4.78, 5) is 10.6. The quantitative estimate of drug-likeness (QED) is 0.895. The minimum atomic E-state index is -1.39. The van der Waals surface area contributed by atoms with Crippen molar-refractivity contribution in [2.24, 2.45) is 0 Å². The van der Waals surface area contributed by atoms with Crippen LogP contribution < -0.4 is 4.74 Å². The highest BCUT2D eigenvalue weighted by atomic mass is 19.1. The number of carbonyl (C=O) groups is 1. The fraction of sp³-hybridized carbons (Fsp3) is 0.462. The van der Waals surface area contributed by atoms with Crippen LogP contribution in [0.4, 0.5) is 8.78 Å². The Labute approximate surface area is 108 Å². The van der Waals surface area contributed by atoms with Gasteiger partial charge >= 0.3 is 5.97 Å². The highest BCUT2D eigenvalue weighted by Gasteiger charge is 2.18. The first kappa shape index (κ1) is 13.7. The van der Waals surface area contributed by atoms with Crippen molar-refractivity contribution >= 4 is 5.97 Å². The highest BCUT2D eigenvalue weighted by Crippen LogP contribution is 2.24. The van der Waals surface area contributed by atoms with Gasteiger partial charge in [0, 0.05) is 13.0 Å². The van der Waals surface area contributed by atoms with Gasteiger partial charge in [0.1, 0.15) is 0 Å². The van der Waals surface area contributed by atoms with Gasteiger partial charge in [0.05, 0.1) is 18.3 Å².